The average molecular weight is 310 g/mol. The van der Waals surface area contributed by atoms with E-state index < -0.39 is 0 Å². The Labute approximate surface area is 136 Å². The second-order valence-electron chi connectivity index (χ2n) is 5.98. The molecule has 4 nitrogen and oxygen atoms in total. The SMILES string of the molecule is O=C(c1cccc(-c2ccncc2)c1)N1CCCCC1CCO. The summed E-state index contributed by atoms with van der Waals surface area (Å²) < 4.78 is 0. The molecule has 4 heteroatoms. The van der Waals surface area contributed by atoms with Crippen LogP contribution in [0.15, 0.2) is 48.8 Å². The maximum Gasteiger partial charge on any atom is 0.254 e. The fourth-order valence-corrected chi connectivity index (χ4v) is 3.26. The summed E-state index contributed by atoms with van der Waals surface area (Å²) in [5.41, 5.74) is 2.79. The molecule has 1 unspecified atom stereocenters. The number of nitrogens with zero attached hydrogens (tertiary/aromatic N) is 2. The Morgan fingerprint density at radius 1 is 1.17 bits per heavy atom. The molecule has 0 saturated carbocycles. The van der Waals surface area contributed by atoms with Crippen molar-refractivity contribution in [2.24, 2.45) is 0 Å². The molecule has 0 aliphatic carbocycles. The van der Waals surface area contributed by atoms with Crippen molar-refractivity contribution in [2.45, 2.75) is 31.7 Å². The number of amides is 1. The quantitative estimate of drug-likeness (QED) is 0.944. The van der Waals surface area contributed by atoms with Crippen molar-refractivity contribution in [1.82, 2.24) is 9.88 Å². The van der Waals surface area contributed by atoms with Gasteiger partial charge in [0, 0.05) is 37.2 Å². The molecule has 1 aromatic carbocycles. The van der Waals surface area contributed by atoms with Crippen molar-refractivity contribution < 1.29 is 9.90 Å². The minimum Gasteiger partial charge on any atom is -0.396 e. The number of piperidine rings is 1. The van der Waals surface area contributed by atoms with Gasteiger partial charge in [0.15, 0.2) is 0 Å². The fraction of sp³-hybridized carbons (Fsp3) is 0.368. The van der Waals surface area contributed by atoms with Crippen LogP contribution < -0.4 is 0 Å². The molecule has 0 radical (unpaired) electrons. The van der Waals surface area contributed by atoms with E-state index in [2.05, 4.69) is 4.98 Å². The molecule has 2 aromatic rings. The third-order valence-corrected chi connectivity index (χ3v) is 4.47. The van der Waals surface area contributed by atoms with Gasteiger partial charge >= 0.3 is 0 Å². The number of likely N-dealkylation sites (tertiary alicyclic amines) is 1. The highest BCUT2D eigenvalue weighted by atomic mass is 16.3. The van der Waals surface area contributed by atoms with Gasteiger partial charge in [-0.05, 0) is 61.1 Å². The zero-order chi connectivity index (χ0) is 16.1. The van der Waals surface area contributed by atoms with Gasteiger partial charge in [-0.3, -0.25) is 9.78 Å². The fourth-order valence-electron chi connectivity index (χ4n) is 3.26. The first kappa shape index (κ1) is 15.7. The summed E-state index contributed by atoms with van der Waals surface area (Å²) in [6.07, 6.45) is 7.33. The van der Waals surface area contributed by atoms with Crippen LogP contribution in [0.25, 0.3) is 11.1 Å². The average Bonchev–Trinajstić information content (AvgIpc) is 2.63. The van der Waals surface area contributed by atoms with E-state index in [9.17, 15) is 9.90 Å². The zero-order valence-corrected chi connectivity index (χ0v) is 13.2. The first-order valence-electron chi connectivity index (χ1n) is 8.22. The number of carbonyl (C=O) groups is 1. The van der Waals surface area contributed by atoms with E-state index in [1.807, 2.05) is 41.3 Å². The van der Waals surface area contributed by atoms with E-state index in [1.165, 1.54) is 0 Å². The Hall–Kier alpha value is -2.20. The van der Waals surface area contributed by atoms with Crippen LogP contribution in [0.2, 0.25) is 0 Å². The first-order valence-corrected chi connectivity index (χ1v) is 8.22. The lowest BCUT2D eigenvalue weighted by molar-refractivity contribution is 0.0574. The molecular formula is C19H22N2O2. The summed E-state index contributed by atoms with van der Waals surface area (Å²) in [5.74, 6) is 0.0686. The highest BCUT2D eigenvalue weighted by Crippen LogP contribution is 2.24. The molecule has 1 fully saturated rings. The predicted molar refractivity (Wildman–Crippen MR) is 90.1 cm³/mol. The van der Waals surface area contributed by atoms with Crippen LogP contribution >= 0.6 is 0 Å². The van der Waals surface area contributed by atoms with E-state index in [0.717, 1.165) is 36.9 Å². The number of carbonyl (C=O) groups excluding carboxylic acids is 1. The lowest BCUT2D eigenvalue weighted by Gasteiger charge is -2.35. The predicted octanol–water partition coefficient (Wildman–Crippen LogP) is 3.13. The molecule has 1 aromatic heterocycles. The molecule has 1 saturated heterocycles. The van der Waals surface area contributed by atoms with Crippen LogP contribution in [-0.4, -0.2) is 40.1 Å². The third-order valence-electron chi connectivity index (χ3n) is 4.47. The summed E-state index contributed by atoms with van der Waals surface area (Å²) in [6.45, 7) is 0.911. The number of aromatic nitrogens is 1. The number of pyridine rings is 1. The van der Waals surface area contributed by atoms with E-state index >= 15 is 0 Å². The summed E-state index contributed by atoms with van der Waals surface area (Å²) in [4.78, 5) is 18.9. The molecule has 0 spiro atoms. The van der Waals surface area contributed by atoms with Gasteiger partial charge in [0.2, 0.25) is 0 Å². The summed E-state index contributed by atoms with van der Waals surface area (Å²) >= 11 is 0. The van der Waals surface area contributed by atoms with Crippen LogP contribution in [0.3, 0.4) is 0 Å². The summed E-state index contributed by atoms with van der Waals surface area (Å²) in [5, 5.41) is 9.24. The molecule has 23 heavy (non-hydrogen) atoms. The minimum atomic E-state index is 0.0686. The Kier molecular flexibility index (Phi) is 5.03. The smallest absolute Gasteiger partial charge is 0.254 e. The second kappa shape index (κ2) is 7.38. The van der Waals surface area contributed by atoms with E-state index in [4.69, 9.17) is 0 Å². The second-order valence-corrected chi connectivity index (χ2v) is 5.98. The van der Waals surface area contributed by atoms with Gasteiger partial charge in [-0.2, -0.15) is 0 Å². The summed E-state index contributed by atoms with van der Waals surface area (Å²) in [7, 11) is 0. The highest BCUT2D eigenvalue weighted by Gasteiger charge is 2.27. The van der Waals surface area contributed by atoms with Gasteiger partial charge in [-0.15, -0.1) is 0 Å². The minimum absolute atomic E-state index is 0.0686. The maximum absolute atomic E-state index is 12.9. The van der Waals surface area contributed by atoms with Crippen LogP contribution in [0.4, 0.5) is 0 Å². The molecule has 1 aliphatic heterocycles. The monoisotopic (exact) mass is 310 g/mol. The normalized spacial score (nSPS) is 18.0. The van der Waals surface area contributed by atoms with E-state index in [1.54, 1.807) is 12.4 Å². The first-order chi connectivity index (χ1) is 11.3. The number of aliphatic hydroxyl groups excluding tert-OH is 1. The molecule has 1 aliphatic rings. The molecule has 1 N–H and O–H groups in total. The number of benzene rings is 1. The Bertz CT molecular complexity index is 655. The van der Waals surface area contributed by atoms with Crippen molar-refractivity contribution >= 4 is 5.91 Å². The highest BCUT2D eigenvalue weighted by molar-refractivity contribution is 5.95. The van der Waals surface area contributed by atoms with Crippen LogP contribution in [0.5, 0.6) is 0 Å². The number of rotatable bonds is 4. The lowest BCUT2D eigenvalue weighted by atomic mass is 9.97. The molecule has 3 rings (SSSR count). The third kappa shape index (κ3) is 3.59. The van der Waals surface area contributed by atoms with Gasteiger partial charge in [-0.1, -0.05) is 12.1 Å². The van der Waals surface area contributed by atoms with Crippen LogP contribution in [0.1, 0.15) is 36.0 Å². The molecule has 120 valence electrons. The summed E-state index contributed by atoms with van der Waals surface area (Å²) in [6, 6.07) is 11.8. The van der Waals surface area contributed by atoms with Gasteiger partial charge in [-0.25, -0.2) is 0 Å². The Balaban J connectivity index is 1.84. The number of hydrogen-bond acceptors (Lipinski definition) is 3. The van der Waals surface area contributed by atoms with Gasteiger partial charge in [0.25, 0.3) is 5.91 Å². The standard InChI is InChI=1S/C19H22N2O2/c22-13-9-18-6-1-2-12-21(18)19(23)17-5-3-4-16(14-17)15-7-10-20-11-8-15/h3-5,7-8,10-11,14,18,22H,1-2,6,9,12-13H2. The Morgan fingerprint density at radius 3 is 2.78 bits per heavy atom. The molecule has 1 atom stereocenters. The zero-order valence-electron chi connectivity index (χ0n) is 13.2. The molecule has 2 heterocycles. The van der Waals surface area contributed by atoms with Gasteiger partial charge in [0.05, 0.1) is 0 Å². The number of hydrogen-bond donors (Lipinski definition) is 1. The van der Waals surface area contributed by atoms with Crippen molar-refractivity contribution in [1.29, 1.82) is 0 Å². The van der Waals surface area contributed by atoms with Crippen molar-refractivity contribution in [2.75, 3.05) is 13.2 Å². The maximum atomic E-state index is 12.9. The van der Waals surface area contributed by atoms with Crippen LogP contribution in [-0.2, 0) is 0 Å². The van der Waals surface area contributed by atoms with E-state index in [0.29, 0.717) is 12.0 Å². The molecular weight excluding hydrogens is 288 g/mol. The van der Waals surface area contributed by atoms with Crippen LogP contribution in [0, 0.1) is 0 Å². The Morgan fingerprint density at radius 2 is 2.00 bits per heavy atom. The van der Waals surface area contributed by atoms with Crippen molar-refractivity contribution in [3.8, 4) is 11.1 Å². The molecule has 0 bridgehead atoms. The topological polar surface area (TPSA) is 53.4 Å². The van der Waals surface area contributed by atoms with Gasteiger partial charge < -0.3 is 10.0 Å². The largest absolute Gasteiger partial charge is 0.396 e. The van der Waals surface area contributed by atoms with Gasteiger partial charge in [0.1, 0.15) is 0 Å². The van der Waals surface area contributed by atoms with Crippen molar-refractivity contribution in [3.05, 3.63) is 54.4 Å². The van der Waals surface area contributed by atoms with E-state index in [-0.39, 0.29) is 18.6 Å². The van der Waals surface area contributed by atoms with Crippen molar-refractivity contribution in [3.63, 3.8) is 0 Å². The molecule has 1 amide bonds. The number of aliphatic hydroxyl groups is 1. The lowest BCUT2D eigenvalue weighted by Crippen LogP contribution is -2.44.